The van der Waals surface area contributed by atoms with Crippen LogP contribution >= 0.6 is 0 Å². The summed E-state index contributed by atoms with van der Waals surface area (Å²) in [6, 6.07) is 14.3. The van der Waals surface area contributed by atoms with E-state index >= 15 is 0 Å². The average molecular weight is 220 g/mol. The highest BCUT2D eigenvalue weighted by Gasteiger charge is 2.05. The van der Waals surface area contributed by atoms with Gasteiger partial charge in [-0.05, 0) is 36.8 Å². The fraction of sp³-hybridized carbons (Fsp3) is 0.0667. The predicted octanol–water partition coefficient (Wildman–Crippen LogP) is 3.61. The number of para-hydroxylation sites is 1. The first-order valence-corrected chi connectivity index (χ1v) is 5.61. The number of rotatable bonds is 1. The van der Waals surface area contributed by atoms with E-state index in [9.17, 15) is 0 Å². The van der Waals surface area contributed by atoms with Gasteiger partial charge in [0.2, 0.25) is 0 Å². The first-order chi connectivity index (χ1) is 8.34. The summed E-state index contributed by atoms with van der Waals surface area (Å²) in [5.41, 5.74) is 4.28. The highest BCUT2D eigenvalue weighted by Crippen LogP contribution is 2.24. The minimum absolute atomic E-state index is 1.01. The lowest BCUT2D eigenvalue weighted by Gasteiger charge is -2.06. The van der Waals surface area contributed by atoms with Crippen LogP contribution in [0.3, 0.4) is 0 Å². The van der Waals surface area contributed by atoms with Crippen LogP contribution in [0.5, 0.6) is 0 Å². The van der Waals surface area contributed by atoms with Crippen LogP contribution in [0.1, 0.15) is 5.56 Å². The largest absolute Gasteiger partial charge is 0.264 e. The van der Waals surface area contributed by atoms with Crippen molar-refractivity contribution in [1.82, 2.24) is 9.97 Å². The Morgan fingerprint density at radius 3 is 2.71 bits per heavy atom. The van der Waals surface area contributed by atoms with Gasteiger partial charge in [-0.25, -0.2) is 4.98 Å². The van der Waals surface area contributed by atoms with E-state index in [0.717, 1.165) is 16.8 Å². The summed E-state index contributed by atoms with van der Waals surface area (Å²) in [7, 11) is 0. The molecule has 2 heteroatoms. The molecule has 2 aromatic heterocycles. The van der Waals surface area contributed by atoms with E-state index in [2.05, 4.69) is 24.0 Å². The van der Waals surface area contributed by atoms with E-state index in [0.29, 0.717) is 0 Å². The SMILES string of the molecule is Cc1cc2ccccc2nc1-c1cccnc1. The second-order valence-electron chi connectivity index (χ2n) is 4.09. The molecule has 3 aromatic rings. The second kappa shape index (κ2) is 3.98. The van der Waals surface area contributed by atoms with Crippen LogP contribution in [0.2, 0.25) is 0 Å². The van der Waals surface area contributed by atoms with Crippen LogP contribution in [0.15, 0.2) is 54.9 Å². The monoisotopic (exact) mass is 220 g/mol. The number of hydrogen-bond donors (Lipinski definition) is 0. The van der Waals surface area contributed by atoms with Crippen molar-refractivity contribution in [3.8, 4) is 11.3 Å². The molecule has 1 aromatic carbocycles. The van der Waals surface area contributed by atoms with Gasteiger partial charge in [0.15, 0.2) is 0 Å². The van der Waals surface area contributed by atoms with E-state index in [-0.39, 0.29) is 0 Å². The molecule has 0 aliphatic rings. The van der Waals surface area contributed by atoms with E-state index in [1.54, 1.807) is 6.20 Å². The van der Waals surface area contributed by atoms with Gasteiger partial charge in [-0.15, -0.1) is 0 Å². The maximum atomic E-state index is 4.70. The van der Waals surface area contributed by atoms with Gasteiger partial charge in [-0.2, -0.15) is 0 Å². The average Bonchev–Trinajstić information content (AvgIpc) is 2.39. The van der Waals surface area contributed by atoms with Crippen LogP contribution in [-0.2, 0) is 0 Å². The lowest BCUT2D eigenvalue weighted by molar-refractivity contribution is 1.28. The molecule has 0 spiro atoms. The molecule has 2 nitrogen and oxygen atoms in total. The molecule has 2 heterocycles. The summed E-state index contributed by atoms with van der Waals surface area (Å²) in [6.45, 7) is 2.09. The third-order valence-corrected chi connectivity index (χ3v) is 2.85. The topological polar surface area (TPSA) is 25.8 Å². The standard InChI is InChI=1S/C15H12N2/c1-11-9-12-5-2-3-7-14(12)17-15(11)13-6-4-8-16-10-13/h2-10H,1H3. The predicted molar refractivity (Wildman–Crippen MR) is 69.7 cm³/mol. The fourth-order valence-corrected chi connectivity index (χ4v) is 2.02. The van der Waals surface area contributed by atoms with Gasteiger partial charge in [-0.1, -0.05) is 18.2 Å². The van der Waals surface area contributed by atoms with Gasteiger partial charge in [0, 0.05) is 23.3 Å². The van der Waals surface area contributed by atoms with Gasteiger partial charge in [-0.3, -0.25) is 4.98 Å². The van der Waals surface area contributed by atoms with Crippen LogP contribution in [0, 0.1) is 6.92 Å². The first-order valence-electron chi connectivity index (χ1n) is 5.61. The van der Waals surface area contributed by atoms with E-state index in [1.165, 1.54) is 10.9 Å². The zero-order chi connectivity index (χ0) is 11.7. The maximum absolute atomic E-state index is 4.70. The molecule has 0 atom stereocenters. The van der Waals surface area contributed by atoms with Crippen LogP contribution < -0.4 is 0 Å². The van der Waals surface area contributed by atoms with E-state index in [4.69, 9.17) is 4.98 Å². The molecule has 0 radical (unpaired) electrons. The van der Waals surface area contributed by atoms with Crippen molar-refractivity contribution in [2.75, 3.05) is 0 Å². The fourth-order valence-electron chi connectivity index (χ4n) is 2.02. The molecule has 0 aliphatic carbocycles. The molecule has 0 saturated carbocycles. The van der Waals surface area contributed by atoms with Crippen LogP contribution in [-0.4, -0.2) is 9.97 Å². The van der Waals surface area contributed by atoms with Crippen molar-refractivity contribution in [2.45, 2.75) is 6.92 Å². The van der Waals surface area contributed by atoms with Gasteiger partial charge >= 0.3 is 0 Å². The van der Waals surface area contributed by atoms with Gasteiger partial charge < -0.3 is 0 Å². The van der Waals surface area contributed by atoms with Crippen molar-refractivity contribution in [2.24, 2.45) is 0 Å². The molecule has 0 bridgehead atoms. The molecule has 0 aliphatic heterocycles. The summed E-state index contributed by atoms with van der Waals surface area (Å²) in [6.07, 6.45) is 3.63. The van der Waals surface area contributed by atoms with Crippen LogP contribution in [0.4, 0.5) is 0 Å². The van der Waals surface area contributed by atoms with E-state index < -0.39 is 0 Å². The van der Waals surface area contributed by atoms with Gasteiger partial charge in [0.25, 0.3) is 0 Å². The molecule has 0 amide bonds. The van der Waals surface area contributed by atoms with Crippen molar-refractivity contribution in [3.63, 3.8) is 0 Å². The number of benzene rings is 1. The number of hydrogen-bond acceptors (Lipinski definition) is 2. The molecule has 82 valence electrons. The summed E-state index contributed by atoms with van der Waals surface area (Å²) >= 11 is 0. The minimum Gasteiger partial charge on any atom is -0.264 e. The number of aromatic nitrogens is 2. The highest BCUT2D eigenvalue weighted by atomic mass is 14.7. The molecule has 0 fully saturated rings. The Bertz CT molecular complexity index is 660. The third kappa shape index (κ3) is 1.78. The zero-order valence-electron chi connectivity index (χ0n) is 9.59. The molecule has 17 heavy (non-hydrogen) atoms. The lowest BCUT2D eigenvalue weighted by Crippen LogP contribution is -1.90. The molecule has 3 rings (SSSR count). The van der Waals surface area contributed by atoms with Gasteiger partial charge in [0.05, 0.1) is 11.2 Å². The Balaban J connectivity index is 2.27. The van der Waals surface area contributed by atoms with Crippen molar-refractivity contribution in [1.29, 1.82) is 0 Å². The normalized spacial score (nSPS) is 10.6. The minimum atomic E-state index is 1.01. The summed E-state index contributed by atoms with van der Waals surface area (Å²) in [5.74, 6) is 0. The quantitative estimate of drug-likeness (QED) is 0.626. The Labute approximate surface area is 100.0 Å². The first kappa shape index (κ1) is 9.97. The number of fused-ring (bicyclic) bond motifs is 1. The number of nitrogens with zero attached hydrogens (tertiary/aromatic N) is 2. The van der Waals surface area contributed by atoms with Crippen molar-refractivity contribution >= 4 is 10.9 Å². The number of pyridine rings is 2. The molecule has 0 N–H and O–H groups in total. The second-order valence-corrected chi connectivity index (χ2v) is 4.09. The lowest BCUT2D eigenvalue weighted by atomic mass is 10.1. The van der Waals surface area contributed by atoms with E-state index in [1.807, 2.05) is 36.5 Å². The number of aryl methyl sites for hydroxylation is 1. The molecule has 0 unspecified atom stereocenters. The molecular formula is C15H12N2. The Morgan fingerprint density at radius 2 is 1.88 bits per heavy atom. The maximum Gasteiger partial charge on any atom is 0.0754 e. The summed E-state index contributed by atoms with van der Waals surface area (Å²) in [5, 5.41) is 1.18. The zero-order valence-corrected chi connectivity index (χ0v) is 9.59. The third-order valence-electron chi connectivity index (χ3n) is 2.85. The van der Waals surface area contributed by atoms with Crippen molar-refractivity contribution < 1.29 is 0 Å². The summed E-state index contributed by atoms with van der Waals surface area (Å²) in [4.78, 5) is 8.85. The Kier molecular flexibility index (Phi) is 2.33. The highest BCUT2D eigenvalue weighted by molar-refractivity contribution is 5.83. The Hall–Kier alpha value is -2.22. The summed E-state index contributed by atoms with van der Waals surface area (Å²) < 4.78 is 0. The van der Waals surface area contributed by atoms with Crippen LogP contribution in [0.25, 0.3) is 22.2 Å². The van der Waals surface area contributed by atoms with Gasteiger partial charge in [0.1, 0.15) is 0 Å². The van der Waals surface area contributed by atoms with Crippen molar-refractivity contribution in [3.05, 3.63) is 60.4 Å². The molecular weight excluding hydrogens is 208 g/mol. The molecule has 0 saturated heterocycles. The smallest absolute Gasteiger partial charge is 0.0754 e. The Morgan fingerprint density at radius 1 is 1.00 bits per heavy atom.